The Morgan fingerprint density at radius 1 is 1.18 bits per heavy atom. The Bertz CT molecular complexity index is 426. The molecule has 0 radical (unpaired) electrons. The normalized spacial score (nSPS) is 11.6. The number of unbranched alkanes of at least 4 members (excludes halogenated alkanes) is 1. The van der Waals surface area contributed by atoms with Crippen molar-refractivity contribution in [2.75, 3.05) is 12.3 Å². The van der Waals surface area contributed by atoms with E-state index in [0.717, 1.165) is 12.0 Å². The van der Waals surface area contributed by atoms with Crippen LogP contribution in [0.2, 0.25) is 0 Å². The molecule has 0 aliphatic rings. The van der Waals surface area contributed by atoms with Gasteiger partial charge < -0.3 is 5.73 Å². The van der Waals surface area contributed by atoms with Gasteiger partial charge in [0, 0.05) is 6.54 Å². The molecule has 0 aliphatic heterocycles. The molecule has 0 saturated heterocycles. The van der Waals surface area contributed by atoms with Crippen LogP contribution < -0.4 is 10.5 Å². The van der Waals surface area contributed by atoms with Crippen LogP contribution in [0.25, 0.3) is 0 Å². The lowest BCUT2D eigenvalue weighted by Crippen LogP contribution is -2.26. The summed E-state index contributed by atoms with van der Waals surface area (Å²) in [5.74, 6) is 0.149. The van der Waals surface area contributed by atoms with Crippen molar-refractivity contribution >= 4 is 10.0 Å². The van der Waals surface area contributed by atoms with Crippen LogP contribution in [0.3, 0.4) is 0 Å². The van der Waals surface area contributed by atoms with Crippen molar-refractivity contribution in [3.8, 4) is 0 Å². The molecule has 0 unspecified atom stereocenters. The summed E-state index contributed by atoms with van der Waals surface area (Å²) in [6, 6.07) is 7.80. The zero-order chi connectivity index (χ0) is 12.7. The third kappa shape index (κ3) is 5.81. The number of sulfonamides is 1. The predicted octanol–water partition coefficient (Wildman–Crippen LogP) is 1.15. The van der Waals surface area contributed by atoms with Gasteiger partial charge in [0.15, 0.2) is 0 Å². The van der Waals surface area contributed by atoms with Gasteiger partial charge in [-0.3, -0.25) is 0 Å². The molecule has 3 N–H and O–H groups in total. The van der Waals surface area contributed by atoms with Gasteiger partial charge in [0.25, 0.3) is 0 Å². The van der Waals surface area contributed by atoms with Crippen molar-refractivity contribution in [3.05, 3.63) is 35.4 Å². The first kappa shape index (κ1) is 14.2. The average molecular weight is 256 g/mol. The number of nitrogens with one attached hydrogen (secondary N) is 1. The first-order valence-electron chi connectivity index (χ1n) is 5.76. The lowest BCUT2D eigenvalue weighted by molar-refractivity contribution is 0.577. The molecular weight excluding hydrogens is 236 g/mol. The fraction of sp³-hybridized carbons (Fsp3) is 0.500. The summed E-state index contributed by atoms with van der Waals surface area (Å²) in [6.45, 7) is 2.89. The zero-order valence-corrected chi connectivity index (χ0v) is 11.0. The van der Waals surface area contributed by atoms with Gasteiger partial charge in [-0.05, 0) is 31.9 Å². The van der Waals surface area contributed by atoms with E-state index in [4.69, 9.17) is 5.73 Å². The van der Waals surface area contributed by atoms with Crippen LogP contribution >= 0.6 is 0 Å². The molecule has 0 bridgehead atoms. The van der Waals surface area contributed by atoms with E-state index in [2.05, 4.69) is 4.72 Å². The van der Waals surface area contributed by atoms with Crippen LogP contribution in [-0.2, 0) is 16.6 Å². The molecule has 17 heavy (non-hydrogen) atoms. The smallest absolute Gasteiger partial charge is 0.211 e. The summed E-state index contributed by atoms with van der Waals surface area (Å²) in [4.78, 5) is 0. The van der Waals surface area contributed by atoms with Crippen molar-refractivity contribution < 1.29 is 8.42 Å². The fourth-order valence-corrected chi connectivity index (χ4v) is 2.52. The van der Waals surface area contributed by atoms with Crippen molar-refractivity contribution in [2.45, 2.75) is 26.3 Å². The molecule has 0 heterocycles. The number of hydrogen-bond acceptors (Lipinski definition) is 3. The van der Waals surface area contributed by atoms with Gasteiger partial charge in [-0.2, -0.15) is 0 Å². The molecule has 0 spiro atoms. The second-order valence-electron chi connectivity index (χ2n) is 4.12. The molecule has 1 rings (SSSR count). The largest absolute Gasteiger partial charge is 0.330 e. The SMILES string of the molecule is Cc1ccc(CNS(=O)(=O)CCCCN)cc1. The van der Waals surface area contributed by atoms with Crippen molar-refractivity contribution in [3.63, 3.8) is 0 Å². The summed E-state index contributed by atoms with van der Waals surface area (Å²) in [6.07, 6.45) is 1.35. The summed E-state index contributed by atoms with van der Waals surface area (Å²) < 4.78 is 25.8. The molecule has 0 amide bonds. The monoisotopic (exact) mass is 256 g/mol. The lowest BCUT2D eigenvalue weighted by Gasteiger charge is -2.06. The molecule has 1 aromatic rings. The second kappa shape index (κ2) is 6.74. The van der Waals surface area contributed by atoms with E-state index in [0.29, 0.717) is 19.5 Å². The van der Waals surface area contributed by atoms with Gasteiger partial charge in [0.2, 0.25) is 10.0 Å². The van der Waals surface area contributed by atoms with E-state index < -0.39 is 10.0 Å². The molecule has 0 aromatic heterocycles. The lowest BCUT2D eigenvalue weighted by atomic mass is 10.2. The van der Waals surface area contributed by atoms with Crippen LogP contribution in [0.15, 0.2) is 24.3 Å². The maximum atomic E-state index is 11.6. The summed E-state index contributed by atoms with van der Waals surface area (Å²) in [5, 5.41) is 0. The maximum absolute atomic E-state index is 11.6. The minimum Gasteiger partial charge on any atom is -0.330 e. The second-order valence-corrected chi connectivity index (χ2v) is 6.05. The molecular formula is C12H20N2O2S. The number of nitrogens with two attached hydrogens (primary N) is 1. The highest BCUT2D eigenvalue weighted by molar-refractivity contribution is 7.89. The minimum absolute atomic E-state index is 0.149. The van der Waals surface area contributed by atoms with E-state index in [1.54, 1.807) is 0 Å². The van der Waals surface area contributed by atoms with E-state index in [1.165, 1.54) is 5.56 Å². The molecule has 0 fully saturated rings. The standard InChI is InChI=1S/C12H20N2O2S/c1-11-4-6-12(7-5-11)10-14-17(15,16)9-3-2-8-13/h4-7,14H,2-3,8-10,13H2,1H3. The number of hydrogen-bond donors (Lipinski definition) is 2. The fourth-order valence-electron chi connectivity index (χ4n) is 1.41. The van der Waals surface area contributed by atoms with Gasteiger partial charge in [0.1, 0.15) is 0 Å². The van der Waals surface area contributed by atoms with E-state index in [1.807, 2.05) is 31.2 Å². The quantitative estimate of drug-likeness (QED) is 0.719. The average Bonchev–Trinajstić information content (AvgIpc) is 2.29. The minimum atomic E-state index is -3.17. The third-order valence-corrected chi connectivity index (χ3v) is 3.89. The van der Waals surface area contributed by atoms with Crippen LogP contribution in [0.4, 0.5) is 0 Å². The number of benzene rings is 1. The van der Waals surface area contributed by atoms with Crippen LogP contribution in [0.5, 0.6) is 0 Å². The molecule has 0 atom stereocenters. The number of rotatable bonds is 7. The van der Waals surface area contributed by atoms with Gasteiger partial charge in [-0.1, -0.05) is 29.8 Å². The highest BCUT2D eigenvalue weighted by atomic mass is 32.2. The molecule has 0 aliphatic carbocycles. The van der Waals surface area contributed by atoms with E-state index in [-0.39, 0.29) is 5.75 Å². The van der Waals surface area contributed by atoms with Crippen LogP contribution in [-0.4, -0.2) is 20.7 Å². The Hall–Kier alpha value is -0.910. The van der Waals surface area contributed by atoms with Gasteiger partial charge >= 0.3 is 0 Å². The Morgan fingerprint density at radius 2 is 1.82 bits per heavy atom. The summed E-state index contributed by atoms with van der Waals surface area (Å²) >= 11 is 0. The van der Waals surface area contributed by atoms with Gasteiger partial charge in [-0.15, -0.1) is 0 Å². The number of aryl methyl sites for hydroxylation is 1. The Labute approximate surface area is 103 Å². The Morgan fingerprint density at radius 3 is 2.41 bits per heavy atom. The van der Waals surface area contributed by atoms with Crippen LogP contribution in [0.1, 0.15) is 24.0 Å². The molecule has 96 valence electrons. The Kier molecular flexibility index (Phi) is 5.61. The first-order valence-corrected chi connectivity index (χ1v) is 7.42. The van der Waals surface area contributed by atoms with E-state index >= 15 is 0 Å². The van der Waals surface area contributed by atoms with Crippen molar-refractivity contribution in [1.29, 1.82) is 0 Å². The van der Waals surface area contributed by atoms with Gasteiger partial charge in [0.05, 0.1) is 5.75 Å². The van der Waals surface area contributed by atoms with Gasteiger partial charge in [-0.25, -0.2) is 13.1 Å². The van der Waals surface area contributed by atoms with Crippen molar-refractivity contribution in [1.82, 2.24) is 4.72 Å². The zero-order valence-electron chi connectivity index (χ0n) is 10.1. The molecule has 5 heteroatoms. The summed E-state index contributed by atoms with van der Waals surface area (Å²) in [7, 11) is -3.17. The highest BCUT2D eigenvalue weighted by Gasteiger charge is 2.08. The van der Waals surface area contributed by atoms with Crippen molar-refractivity contribution in [2.24, 2.45) is 5.73 Å². The molecule has 0 saturated carbocycles. The maximum Gasteiger partial charge on any atom is 0.211 e. The Balaban J connectivity index is 2.41. The van der Waals surface area contributed by atoms with Crippen LogP contribution in [0, 0.1) is 6.92 Å². The molecule has 1 aromatic carbocycles. The topological polar surface area (TPSA) is 72.2 Å². The molecule has 4 nitrogen and oxygen atoms in total. The predicted molar refractivity (Wildman–Crippen MR) is 70.1 cm³/mol. The third-order valence-electron chi connectivity index (χ3n) is 2.48. The highest BCUT2D eigenvalue weighted by Crippen LogP contribution is 2.03. The summed E-state index contributed by atoms with van der Waals surface area (Å²) in [5.41, 5.74) is 7.46. The first-order chi connectivity index (χ1) is 8.03. The van der Waals surface area contributed by atoms with E-state index in [9.17, 15) is 8.42 Å².